The van der Waals surface area contributed by atoms with Crippen molar-refractivity contribution in [3.05, 3.63) is 11.6 Å². The highest BCUT2D eigenvalue weighted by Crippen LogP contribution is 2.09. The monoisotopic (exact) mass is 139 g/mol. The zero-order valence-corrected chi connectivity index (χ0v) is 6.72. The number of hydrogen-bond donors (Lipinski definition) is 0. The molecule has 2 heteroatoms. The lowest BCUT2D eigenvalue weighted by atomic mass is 10.1. The molecule has 0 radical (unpaired) electrons. The van der Waals surface area contributed by atoms with Crippen molar-refractivity contribution in [2.24, 2.45) is 0 Å². The predicted molar refractivity (Wildman–Crippen MR) is 40.9 cm³/mol. The van der Waals surface area contributed by atoms with Gasteiger partial charge in [-0.15, -0.1) is 0 Å². The molecule has 1 aliphatic heterocycles. The molecule has 0 saturated heterocycles. The first-order valence-electron chi connectivity index (χ1n) is 3.52. The SMILES string of the molecule is CC1=CC(=O)[C@@H](C)N(C)C1. The molecule has 0 aliphatic carbocycles. The Hall–Kier alpha value is -0.630. The lowest BCUT2D eigenvalue weighted by Crippen LogP contribution is -2.39. The topological polar surface area (TPSA) is 20.3 Å². The number of ketones is 1. The molecule has 1 atom stereocenters. The van der Waals surface area contributed by atoms with Gasteiger partial charge in [-0.3, -0.25) is 9.69 Å². The summed E-state index contributed by atoms with van der Waals surface area (Å²) < 4.78 is 0. The van der Waals surface area contributed by atoms with Gasteiger partial charge < -0.3 is 0 Å². The van der Waals surface area contributed by atoms with E-state index in [4.69, 9.17) is 0 Å². The Morgan fingerprint density at radius 1 is 1.70 bits per heavy atom. The molecule has 10 heavy (non-hydrogen) atoms. The Kier molecular flexibility index (Phi) is 1.90. The molecule has 0 fully saturated rings. The number of carbonyl (C=O) groups is 1. The maximum absolute atomic E-state index is 11.1. The van der Waals surface area contributed by atoms with Crippen molar-refractivity contribution >= 4 is 5.78 Å². The minimum absolute atomic E-state index is 0.0729. The van der Waals surface area contributed by atoms with E-state index in [0.29, 0.717) is 0 Å². The minimum Gasteiger partial charge on any atom is -0.293 e. The van der Waals surface area contributed by atoms with Gasteiger partial charge in [-0.2, -0.15) is 0 Å². The van der Waals surface area contributed by atoms with Gasteiger partial charge >= 0.3 is 0 Å². The molecule has 0 aromatic carbocycles. The first-order chi connectivity index (χ1) is 4.61. The average Bonchev–Trinajstić information content (AvgIpc) is 1.82. The lowest BCUT2D eigenvalue weighted by Gasteiger charge is -2.26. The van der Waals surface area contributed by atoms with Crippen LogP contribution in [0.2, 0.25) is 0 Å². The molecule has 2 nitrogen and oxygen atoms in total. The summed E-state index contributed by atoms with van der Waals surface area (Å²) in [6, 6.07) is 0.0729. The molecular weight excluding hydrogens is 126 g/mol. The first-order valence-corrected chi connectivity index (χ1v) is 3.52. The summed E-state index contributed by atoms with van der Waals surface area (Å²) in [6.07, 6.45) is 1.74. The Morgan fingerprint density at radius 3 is 2.80 bits per heavy atom. The largest absolute Gasteiger partial charge is 0.293 e. The Bertz CT molecular complexity index is 184. The molecule has 1 aliphatic rings. The van der Waals surface area contributed by atoms with Crippen molar-refractivity contribution < 1.29 is 4.79 Å². The van der Waals surface area contributed by atoms with E-state index >= 15 is 0 Å². The highest BCUT2D eigenvalue weighted by molar-refractivity contribution is 5.95. The molecule has 1 rings (SSSR count). The molecule has 0 aromatic heterocycles. The van der Waals surface area contributed by atoms with Crippen LogP contribution in [0.4, 0.5) is 0 Å². The normalized spacial score (nSPS) is 28.5. The summed E-state index contributed by atoms with van der Waals surface area (Å²) in [7, 11) is 1.97. The fraction of sp³-hybridized carbons (Fsp3) is 0.625. The lowest BCUT2D eigenvalue weighted by molar-refractivity contribution is -0.119. The van der Waals surface area contributed by atoms with E-state index in [9.17, 15) is 4.79 Å². The number of hydrogen-bond acceptors (Lipinski definition) is 2. The second kappa shape index (κ2) is 2.54. The highest BCUT2D eigenvalue weighted by Gasteiger charge is 2.20. The van der Waals surface area contributed by atoms with Gasteiger partial charge in [0.05, 0.1) is 6.04 Å². The molecule has 0 spiro atoms. The average molecular weight is 139 g/mol. The van der Waals surface area contributed by atoms with Crippen LogP contribution in [0.3, 0.4) is 0 Å². The van der Waals surface area contributed by atoms with Gasteiger partial charge in [0.2, 0.25) is 0 Å². The van der Waals surface area contributed by atoms with Crippen molar-refractivity contribution in [1.82, 2.24) is 4.90 Å². The predicted octanol–water partition coefficient (Wildman–Crippen LogP) is 0.836. The van der Waals surface area contributed by atoms with Crippen LogP contribution in [0.25, 0.3) is 0 Å². The van der Waals surface area contributed by atoms with Crippen LogP contribution in [-0.4, -0.2) is 30.3 Å². The van der Waals surface area contributed by atoms with Crippen LogP contribution in [0, 0.1) is 0 Å². The maximum Gasteiger partial charge on any atom is 0.172 e. The Morgan fingerprint density at radius 2 is 2.30 bits per heavy atom. The van der Waals surface area contributed by atoms with Gasteiger partial charge in [0.15, 0.2) is 5.78 Å². The van der Waals surface area contributed by atoms with Gasteiger partial charge in [0.25, 0.3) is 0 Å². The molecule has 0 unspecified atom stereocenters. The molecule has 0 bridgehead atoms. The zero-order valence-electron chi connectivity index (χ0n) is 6.72. The van der Waals surface area contributed by atoms with E-state index in [2.05, 4.69) is 4.90 Å². The Balaban J connectivity index is 2.79. The molecular formula is C8H13NO. The fourth-order valence-corrected chi connectivity index (χ4v) is 1.16. The molecule has 1 heterocycles. The second-order valence-electron chi connectivity index (χ2n) is 2.98. The van der Waals surface area contributed by atoms with Crippen molar-refractivity contribution in [2.75, 3.05) is 13.6 Å². The van der Waals surface area contributed by atoms with Gasteiger partial charge in [-0.05, 0) is 27.0 Å². The van der Waals surface area contributed by atoms with E-state index < -0.39 is 0 Å². The van der Waals surface area contributed by atoms with Crippen LogP contribution < -0.4 is 0 Å². The first kappa shape index (κ1) is 7.48. The Labute approximate surface area is 61.5 Å². The van der Waals surface area contributed by atoms with Crippen LogP contribution in [-0.2, 0) is 4.79 Å². The molecule has 56 valence electrons. The summed E-state index contributed by atoms with van der Waals surface area (Å²) in [5.41, 5.74) is 1.16. The van der Waals surface area contributed by atoms with E-state index in [0.717, 1.165) is 12.1 Å². The van der Waals surface area contributed by atoms with Crippen molar-refractivity contribution in [3.63, 3.8) is 0 Å². The number of likely N-dealkylation sites (N-methyl/N-ethyl adjacent to an activating group) is 1. The summed E-state index contributed by atoms with van der Waals surface area (Å²) in [5, 5.41) is 0. The van der Waals surface area contributed by atoms with Crippen LogP contribution in [0.15, 0.2) is 11.6 Å². The van der Waals surface area contributed by atoms with Crippen LogP contribution >= 0.6 is 0 Å². The third kappa shape index (κ3) is 1.27. The third-order valence-corrected chi connectivity index (χ3v) is 1.96. The molecule has 0 N–H and O–H groups in total. The van der Waals surface area contributed by atoms with Gasteiger partial charge in [-0.25, -0.2) is 0 Å². The number of carbonyl (C=O) groups excluding carboxylic acids is 1. The van der Waals surface area contributed by atoms with E-state index in [-0.39, 0.29) is 11.8 Å². The van der Waals surface area contributed by atoms with E-state index in [1.807, 2.05) is 20.9 Å². The van der Waals surface area contributed by atoms with E-state index in [1.165, 1.54) is 0 Å². The maximum atomic E-state index is 11.1. The summed E-state index contributed by atoms with van der Waals surface area (Å²) in [4.78, 5) is 13.2. The van der Waals surface area contributed by atoms with Gasteiger partial charge in [-0.1, -0.05) is 5.57 Å². The number of rotatable bonds is 0. The molecule has 0 amide bonds. The molecule has 0 aromatic rings. The summed E-state index contributed by atoms with van der Waals surface area (Å²) in [5.74, 6) is 0.228. The molecule has 0 saturated carbocycles. The standard InChI is InChI=1S/C8H13NO/c1-6-4-8(10)7(2)9(3)5-6/h4,7H,5H2,1-3H3/t7-/m1/s1. The summed E-state index contributed by atoms with van der Waals surface area (Å²) >= 11 is 0. The zero-order chi connectivity index (χ0) is 7.72. The quantitative estimate of drug-likeness (QED) is 0.495. The van der Waals surface area contributed by atoms with Crippen molar-refractivity contribution in [2.45, 2.75) is 19.9 Å². The minimum atomic E-state index is 0.0729. The highest BCUT2D eigenvalue weighted by atomic mass is 16.1. The second-order valence-corrected chi connectivity index (χ2v) is 2.98. The van der Waals surface area contributed by atoms with Crippen LogP contribution in [0.5, 0.6) is 0 Å². The number of nitrogens with zero attached hydrogens (tertiary/aromatic N) is 1. The van der Waals surface area contributed by atoms with Gasteiger partial charge in [0.1, 0.15) is 0 Å². The van der Waals surface area contributed by atoms with Crippen LogP contribution in [0.1, 0.15) is 13.8 Å². The van der Waals surface area contributed by atoms with Gasteiger partial charge in [0, 0.05) is 6.54 Å². The van der Waals surface area contributed by atoms with Crippen molar-refractivity contribution in [1.29, 1.82) is 0 Å². The fourth-order valence-electron chi connectivity index (χ4n) is 1.16. The summed E-state index contributed by atoms with van der Waals surface area (Å²) in [6.45, 7) is 4.85. The van der Waals surface area contributed by atoms with Crippen molar-refractivity contribution in [3.8, 4) is 0 Å². The van der Waals surface area contributed by atoms with E-state index in [1.54, 1.807) is 6.08 Å². The smallest absolute Gasteiger partial charge is 0.172 e. The third-order valence-electron chi connectivity index (χ3n) is 1.96.